The Labute approximate surface area is 387 Å². The monoisotopic (exact) mass is 913 g/mol. The second-order valence-electron chi connectivity index (χ2n) is 18.5. The molecule has 0 radical (unpaired) electrons. The van der Waals surface area contributed by atoms with Gasteiger partial charge in [0.25, 0.3) is 0 Å². The molecule has 0 spiro atoms. The molecule has 1 fully saturated rings. The van der Waals surface area contributed by atoms with E-state index in [4.69, 9.17) is 18.9 Å². The second kappa shape index (κ2) is 29.1. The first-order valence-electron chi connectivity index (χ1n) is 24.7. The number of cyclic esters (lactones) is 1. The molecule has 0 saturated carbocycles. The summed E-state index contributed by atoms with van der Waals surface area (Å²) >= 11 is 0. The Morgan fingerprint density at radius 1 is 0.859 bits per heavy atom. The van der Waals surface area contributed by atoms with Gasteiger partial charge in [0.15, 0.2) is 21.3 Å². The van der Waals surface area contributed by atoms with Gasteiger partial charge in [0, 0.05) is 18.0 Å². The third-order valence-corrected chi connectivity index (χ3v) is 14.9. The Bertz CT molecular complexity index is 1770. The molecular weight excluding hydrogens is 829 g/mol. The first kappa shape index (κ1) is 54.7. The van der Waals surface area contributed by atoms with E-state index in [0.717, 1.165) is 69.8 Å². The maximum Gasteiger partial charge on any atom is 0.328 e. The minimum absolute atomic E-state index is 0.0717. The van der Waals surface area contributed by atoms with Gasteiger partial charge >= 0.3 is 11.9 Å². The molecule has 0 aliphatic carbocycles. The summed E-state index contributed by atoms with van der Waals surface area (Å²) in [6.07, 6.45) is 22.0. The third kappa shape index (κ3) is 17.3. The number of nitrogens with one attached hydrogen (secondary N) is 2. The van der Waals surface area contributed by atoms with Crippen molar-refractivity contribution in [3.05, 3.63) is 53.6 Å². The zero-order chi connectivity index (χ0) is 47.0. The van der Waals surface area contributed by atoms with Gasteiger partial charge in [-0.25, -0.2) is 13.2 Å². The highest BCUT2D eigenvalue weighted by Crippen LogP contribution is 2.43. The van der Waals surface area contributed by atoms with Crippen LogP contribution in [0.3, 0.4) is 0 Å². The lowest BCUT2D eigenvalue weighted by Gasteiger charge is -2.37. The molecule has 4 rings (SSSR count). The van der Waals surface area contributed by atoms with Crippen LogP contribution in [-0.4, -0.2) is 70.5 Å². The zero-order valence-electron chi connectivity index (χ0n) is 40.7. The van der Waals surface area contributed by atoms with Crippen molar-refractivity contribution in [1.29, 1.82) is 0 Å². The first-order chi connectivity index (χ1) is 30.8. The van der Waals surface area contributed by atoms with Crippen LogP contribution in [0.5, 0.6) is 11.5 Å². The molecule has 0 bridgehead atoms. The predicted molar refractivity (Wildman–Crippen MR) is 256 cm³/mol. The number of ether oxygens (including phenoxy) is 4. The summed E-state index contributed by atoms with van der Waals surface area (Å²) in [5, 5.41) is 6.38. The molecule has 6 atom stereocenters. The van der Waals surface area contributed by atoms with Crippen molar-refractivity contribution >= 4 is 28.2 Å². The Kier molecular flexibility index (Phi) is 24.9. The summed E-state index contributed by atoms with van der Waals surface area (Å²) in [6, 6.07) is 12.6. The van der Waals surface area contributed by atoms with Crippen molar-refractivity contribution < 1.29 is 41.7 Å². The van der Waals surface area contributed by atoms with Crippen LogP contribution in [0.2, 0.25) is 0 Å². The summed E-state index contributed by atoms with van der Waals surface area (Å²) in [5.74, 6) is 0.729. The summed E-state index contributed by atoms with van der Waals surface area (Å²) in [7, 11) is -0.432. The molecule has 2 aromatic carbocycles. The number of benzene rings is 2. The number of fused-ring (bicyclic) bond motifs is 1. The molecule has 2 heterocycles. The van der Waals surface area contributed by atoms with E-state index >= 15 is 0 Å². The fourth-order valence-electron chi connectivity index (χ4n) is 9.09. The molecule has 2 N–H and O–H groups in total. The molecule has 0 aromatic heterocycles. The number of hydrogen-bond donors (Lipinski definition) is 2. The number of esters is 2. The fourth-order valence-corrected chi connectivity index (χ4v) is 11.2. The maximum atomic E-state index is 13.5. The average molecular weight is 913 g/mol. The highest BCUT2D eigenvalue weighted by molar-refractivity contribution is 7.91. The van der Waals surface area contributed by atoms with Gasteiger partial charge in [-0.1, -0.05) is 162 Å². The van der Waals surface area contributed by atoms with Gasteiger partial charge in [-0.15, -0.1) is 0 Å². The SMILES string of the molecule is CCCCCCCCCCC[C@@H](C[C@@H]1OC(=O)[C@H]1CCCCCC)OC(=O)[C@H](CC(C)C)NC=O.CCCC[C@]1(CC)CS(=O)(=O)c2cc(OC)c(OC)cc2[C@@H](c2ccccc2)N1. The van der Waals surface area contributed by atoms with E-state index in [1.165, 1.54) is 64.9 Å². The molecule has 12 heteroatoms. The van der Waals surface area contributed by atoms with E-state index < -0.39 is 21.4 Å². The van der Waals surface area contributed by atoms with Gasteiger partial charge in [-0.05, 0) is 61.6 Å². The van der Waals surface area contributed by atoms with Gasteiger partial charge < -0.3 is 24.3 Å². The van der Waals surface area contributed by atoms with E-state index in [1.807, 2.05) is 50.2 Å². The van der Waals surface area contributed by atoms with E-state index in [0.29, 0.717) is 41.2 Å². The van der Waals surface area contributed by atoms with Crippen LogP contribution in [0.4, 0.5) is 0 Å². The van der Waals surface area contributed by atoms with Crippen molar-refractivity contribution in [3.8, 4) is 11.5 Å². The number of amides is 1. The fraction of sp³-hybridized carbons (Fsp3) is 0.712. The number of unbranched alkanes of at least 4 members (excludes halogenated alkanes) is 12. The van der Waals surface area contributed by atoms with Crippen molar-refractivity contribution in [2.45, 2.75) is 211 Å². The lowest BCUT2D eigenvalue weighted by molar-refractivity contribution is -0.190. The quantitative estimate of drug-likeness (QED) is 0.0441. The minimum Gasteiger partial charge on any atom is -0.493 e. The molecule has 64 heavy (non-hydrogen) atoms. The Morgan fingerprint density at radius 2 is 1.45 bits per heavy atom. The molecule has 1 saturated heterocycles. The number of sulfone groups is 1. The van der Waals surface area contributed by atoms with Crippen molar-refractivity contribution in [3.63, 3.8) is 0 Å². The van der Waals surface area contributed by atoms with Gasteiger partial charge in [0.05, 0.1) is 36.8 Å². The van der Waals surface area contributed by atoms with Crippen LogP contribution >= 0.6 is 0 Å². The zero-order valence-corrected chi connectivity index (χ0v) is 41.5. The van der Waals surface area contributed by atoms with Crippen molar-refractivity contribution in [2.24, 2.45) is 11.8 Å². The number of methoxy groups -OCH3 is 2. The van der Waals surface area contributed by atoms with Gasteiger partial charge in [0.2, 0.25) is 6.41 Å². The van der Waals surface area contributed by atoms with E-state index in [-0.39, 0.29) is 47.8 Å². The van der Waals surface area contributed by atoms with Crippen molar-refractivity contribution in [1.82, 2.24) is 10.6 Å². The number of rotatable bonds is 30. The van der Waals surface area contributed by atoms with Crippen LogP contribution in [0.15, 0.2) is 47.4 Å². The largest absolute Gasteiger partial charge is 0.493 e. The minimum atomic E-state index is -3.53. The second-order valence-corrected chi connectivity index (χ2v) is 20.5. The molecule has 1 amide bonds. The van der Waals surface area contributed by atoms with Gasteiger partial charge in [-0.2, -0.15) is 0 Å². The van der Waals surface area contributed by atoms with Crippen LogP contribution < -0.4 is 20.1 Å². The lowest BCUT2D eigenvalue weighted by atomic mass is 9.86. The Hall–Kier alpha value is -3.64. The van der Waals surface area contributed by atoms with E-state index in [9.17, 15) is 22.8 Å². The molecule has 2 aromatic rings. The topological polar surface area (TPSA) is 146 Å². The Balaban J connectivity index is 0.000000345. The number of carbonyl (C=O) groups is 3. The highest BCUT2D eigenvalue weighted by Gasteiger charge is 2.44. The van der Waals surface area contributed by atoms with Gasteiger partial charge in [0.1, 0.15) is 18.2 Å². The third-order valence-electron chi connectivity index (χ3n) is 13.0. The molecular formula is C52H84N2O9S. The van der Waals surface area contributed by atoms with E-state index in [2.05, 4.69) is 38.3 Å². The Morgan fingerprint density at radius 3 is 2.02 bits per heavy atom. The van der Waals surface area contributed by atoms with Crippen LogP contribution in [0.25, 0.3) is 0 Å². The molecule has 2 aliphatic rings. The maximum absolute atomic E-state index is 13.5. The lowest BCUT2D eigenvalue weighted by Crippen LogP contribution is -2.50. The standard InChI is InChI=1S/C29H53NO5.C23H31NO4S/c1-5-7-9-11-12-13-14-15-16-18-24(34-29(33)26(30-22-31)20-23(3)4)21-27-25(28(32)35-27)19-17-10-8-6-2;1-5-7-13-23(6-2)16-29(25,26)21-15-20(28-4)19(27-3)14-18(21)22(24-23)17-11-9-8-10-12-17/h22-27H,5-21H2,1-4H3,(H,30,31);8-12,14-15,22,24H,5-7,13,16H2,1-4H3/t24-,25-,26-,27-;22-,23-/m01/s1. The molecule has 0 unspecified atom stereocenters. The normalized spacial score (nSPS) is 20.9. The summed E-state index contributed by atoms with van der Waals surface area (Å²) < 4.78 is 49.4. The van der Waals surface area contributed by atoms with E-state index in [1.54, 1.807) is 13.2 Å². The van der Waals surface area contributed by atoms with Gasteiger partial charge in [-0.3, -0.25) is 14.9 Å². The molecule has 11 nitrogen and oxygen atoms in total. The van der Waals surface area contributed by atoms with Crippen LogP contribution in [0, 0.1) is 11.8 Å². The van der Waals surface area contributed by atoms with Crippen molar-refractivity contribution in [2.75, 3.05) is 20.0 Å². The molecule has 362 valence electrons. The summed E-state index contributed by atoms with van der Waals surface area (Å²) in [6.45, 7) is 12.7. The highest BCUT2D eigenvalue weighted by atomic mass is 32.2. The van der Waals surface area contributed by atoms with Crippen LogP contribution in [0.1, 0.15) is 194 Å². The first-order valence-corrected chi connectivity index (χ1v) is 26.4. The average Bonchev–Trinajstić information content (AvgIpc) is 3.38. The summed E-state index contributed by atoms with van der Waals surface area (Å²) in [5.41, 5.74) is 1.25. The summed E-state index contributed by atoms with van der Waals surface area (Å²) in [4.78, 5) is 36.3. The van der Waals surface area contributed by atoms with Crippen LogP contribution in [-0.2, 0) is 33.7 Å². The number of hydrogen-bond acceptors (Lipinski definition) is 10. The smallest absolute Gasteiger partial charge is 0.328 e. The predicted octanol–water partition coefficient (Wildman–Crippen LogP) is 11.4. The molecule has 2 aliphatic heterocycles. The number of carbonyl (C=O) groups excluding carboxylic acids is 3.